The molecule has 0 aliphatic rings. The Kier molecular flexibility index (Phi) is 14.8. The first-order valence-corrected chi connectivity index (χ1v) is 9.36. The van der Waals surface area contributed by atoms with E-state index in [1.807, 2.05) is 0 Å². The summed E-state index contributed by atoms with van der Waals surface area (Å²) in [5.74, 6) is 0. The normalized spacial score (nSPS) is 17.0. The van der Waals surface area contributed by atoms with Gasteiger partial charge in [0.15, 0.2) is 0 Å². The van der Waals surface area contributed by atoms with Gasteiger partial charge in [0.25, 0.3) is 0 Å². The van der Waals surface area contributed by atoms with Gasteiger partial charge in [-0.1, -0.05) is 38.5 Å². The Balaban J connectivity index is 3.42. The van der Waals surface area contributed by atoms with Crippen molar-refractivity contribution in [3.8, 4) is 0 Å². The first-order chi connectivity index (χ1) is 11.3. The number of hydrogen-bond acceptors (Lipinski definition) is 3. The van der Waals surface area contributed by atoms with Crippen LogP contribution in [0.15, 0.2) is 0 Å². The predicted octanol–water partition coefficient (Wildman–Crippen LogP) is 4.34. The summed E-state index contributed by atoms with van der Waals surface area (Å²) in [5, 5.41) is 19.3. The van der Waals surface area contributed by atoms with E-state index in [0.717, 1.165) is 38.5 Å². The van der Waals surface area contributed by atoms with E-state index in [4.69, 9.17) is 5.73 Å². The zero-order valence-electron chi connectivity index (χ0n) is 15.0. The molecule has 4 atom stereocenters. The van der Waals surface area contributed by atoms with E-state index >= 15 is 0 Å². The third kappa shape index (κ3) is 15.2. The Labute approximate surface area is 144 Å². The maximum atomic E-state index is 13.7. The molecule has 6 heteroatoms. The Morgan fingerprint density at radius 3 is 1.75 bits per heavy atom. The Morgan fingerprint density at radius 1 is 0.750 bits per heavy atom. The summed E-state index contributed by atoms with van der Waals surface area (Å²) >= 11 is 0. The van der Waals surface area contributed by atoms with Crippen LogP contribution in [-0.4, -0.2) is 41.1 Å². The zero-order valence-corrected chi connectivity index (χ0v) is 15.0. The number of nitrogens with two attached hydrogens (primary N) is 1. The Hall–Kier alpha value is -0.330. The lowest BCUT2D eigenvalue weighted by Crippen LogP contribution is -2.34. The zero-order chi connectivity index (χ0) is 18.4. The minimum absolute atomic E-state index is 0.00337. The van der Waals surface area contributed by atoms with Gasteiger partial charge in [-0.05, 0) is 32.6 Å². The van der Waals surface area contributed by atoms with Crippen molar-refractivity contribution in [1.82, 2.24) is 0 Å². The fourth-order valence-electron chi connectivity index (χ4n) is 2.68. The number of halogens is 3. The molecule has 0 aliphatic heterocycles. The molecule has 4 N–H and O–H groups in total. The van der Waals surface area contributed by atoms with E-state index in [1.165, 1.54) is 0 Å². The van der Waals surface area contributed by atoms with Crippen LogP contribution in [0.5, 0.6) is 0 Å². The number of hydrogen-bond donors (Lipinski definition) is 3. The molecule has 0 saturated carbocycles. The van der Waals surface area contributed by atoms with Gasteiger partial charge in [0.1, 0.15) is 6.17 Å². The van der Waals surface area contributed by atoms with Gasteiger partial charge in [-0.3, -0.25) is 0 Å². The fraction of sp³-hybridized carbons (Fsp3) is 1.00. The smallest absolute Gasteiger partial charge is 0.238 e. The van der Waals surface area contributed by atoms with Gasteiger partial charge < -0.3 is 15.9 Å². The third-order valence-corrected chi connectivity index (χ3v) is 4.37. The monoisotopic (exact) mass is 355 g/mol. The molecule has 0 radical (unpaired) electrons. The molecule has 3 nitrogen and oxygen atoms in total. The largest absolute Gasteiger partial charge is 0.393 e. The van der Waals surface area contributed by atoms with Gasteiger partial charge in [-0.2, -0.15) is 0 Å². The molecule has 0 aliphatic carbocycles. The third-order valence-electron chi connectivity index (χ3n) is 4.37. The molecule has 0 spiro atoms. The van der Waals surface area contributed by atoms with Crippen LogP contribution in [0, 0.1) is 0 Å². The number of aliphatic hydroxyl groups is 2. The average molecular weight is 355 g/mol. The SMILES string of the molecule is C[C@H](N)[C@@H](O)C[C@@H](O)CCC(F)CCCCCCCCCC(F)F. The fourth-order valence-corrected chi connectivity index (χ4v) is 2.68. The molecule has 0 aromatic heterocycles. The molecule has 0 amide bonds. The quantitative estimate of drug-likeness (QED) is 0.361. The van der Waals surface area contributed by atoms with E-state index in [2.05, 4.69) is 0 Å². The molecular weight excluding hydrogens is 319 g/mol. The van der Waals surface area contributed by atoms with E-state index in [1.54, 1.807) is 6.92 Å². The Morgan fingerprint density at radius 2 is 1.25 bits per heavy atom. The average Bonchev–Trinajstić information content (AvgIpc) is 2.50. The molecule has 0 rings (SSSR count). The van der Waals surface area contributed by atoms with Gasteiger partial charge >= 0.3 is 0 Å². The van der Waals surface area contributed by atoms with Crippen LogP contribution in [0.4, 0.5) is 13.2 Å². The van der Waals surface area contributed by atoms with Crippen molar-refractivity contribution in [3.05, 3.63) is 0 Å². The molecule has 0 heterocycles. The molecule has 24 heavy (non-hydrogen) atoms. The van der Waals surface area contributed by atoms with Crippen molar-refractivity contribution in [1.29, 1.82) is 0 Å². The summed E-state index contributed by atoms with van der Waals surface area (Å²) in [5.41, 5.74) is 5.52. The second kappa shape index (κ2) is 15.0. The molecule has 1 unspecified atom stereocenters. The maximum absolute atomic E-state index is 13.7. The standard InChI is InChI=1S/C18H36F3NO2/c1-14(22)17(24)13-16(23)12-11-15(19)9-7-5-3-2-4-6-8-10-18(20)21/h14-18,23-24H,2-13,22H2,1H3/t14-,15?,16-,17-/m0/s1. The number of aliphatic hydroxyl groups excluding tert-OH is 2. The molecule has 0 aromatic carbocycles. The van der Waals surface area contributed by atoms with Crippen LogP contribution in [0.25, 0.3) is 0 Å². The highest BCUT2D eigenvalue weighted by atomic mass is 19.3. The van der Waals surface area contributed by atoms with Gasteiger partial charge in [0, 0.05) is 18.9 Å². The van der Waals surface area contributed by atoms with E-state index < -0.39 is 30.8 Å². The summed E-state index contributed by atoms with van der Waals surface area (Å²) in [6, 6.07) is -0.392. The number of unbranched alkanes of at least 4 members (excludes halogenated alkanes) is 6. The lowest BCUT2D eigenvalue weighted by atomic mass is 9.99. The number of rotatable bonds is 16. The molecule has 0 bridgehead atoms. The summed E-state index contributed by atoms with van der Waals surface area (Å²) in [4.78, 5) is 0. The topological polar surface area (TPSA) is 66.5 Å². The summed E-state index contributed by atoms with van der Waals surface area (Å²) in [6.07, 6.45) is 2.99. The van der Waals surface area contributed by atoms with Gasteiger partial charge in [0.2, 0.25) is 6.43 Å². The van der Waals surface area contributed by atoms with E-state index in [-0.39, 0.29) is 12.8 Å². The van der Waals surface area contributed by atoms with E-state index in [9.17, 15) is 23.4 Å². The predicted molar refractivity (Wildman–Crippen MR) is 92.0 cm³/mol. The van der Waals surface area contributed by atoms with E-state index in [0.29, 0.717) is 25.7 Å². The van der Waals surface area contributed by atoms with Crippen molar-refractivity contribution in [2.45, 2.75) is 115 Å². The van der Waals surface area contributed by atoms with Crippen molar-refractivity contribution >= 4 is 0 Å². The summed E-state index contributed by atoms with van der Waals surface area (Å²) in [6.45, 7) is 1.67. The maximum Gasteiger partial charge on any atom is 0.238 e. The Bertz CT molecular complexity index is 281. The van der Waals surface area contributed by atoms with Crippen LogP contribution >= 0.6 is 0 Å². The van der Waals surface area contributed by atoms with Crippen LogP contribution < -0.4 is 5.73 Å². The molecule has 0 fully saturated rings. The van der Waals surface area contributed by atoms with Crippen molar-refractivity contribution in [2.24, 2.45) is 5.73 Å². The van der Waals surface area contributed by atoms with Gasteiger partial charge in [-0.15, -0.1) is 0 Å². The van der Waals surface area contributed by atoms with Gasteiger partial charge in [0.05, 0.1) is 12.2 Å². The minimum Gasteiger partial charge on any atom is -0.393 e. The van der Waals surface area contributed by atoms with Crippen molar-refractivity contribution in [3.63, 3.8) is 0 Å². The van der Waals surface area contributed by atoms with Crippen LogP contribution in [0.3, 0.4) is 0 Å². The number of alkyl halides is 3. The first-order valence-electron chi connectivity index (χ1n) is 9.36. The van der Waals surface area contributed by atoms with Crippen LogP contribution in [0.2, 0.25) is 0 Å². The second-order valence-corrected chi connectivity index (χ2v) is 6.93. The highest BCUT2D eigenvalue weighted by Gasteiger charge is 2.17. The van der Waals surface area contributed by atoms with Crippen LogP contribution in [-0.2, 0) is 0 Å². The summed E-state index contributed by atoms with van der Waals surface area (Å²) in [7, 11) is 0. The van der Waals surface area contributed by atoms with Crippen LogP contribution in [0.1, 0.15) is 84.0 Å². The highest BCUT2D eigenvalue weighted by Crippen LogP contribution is 2.17. The van der Waals surface area contributed by atoms with Crippen molar-refractivity contribution in [2.75, 3.05) is 0 Å². The second-order valence-electron chi connectivity index (χ2n) is 6.93. The highest BCUT2D eigenvalue weighted by molar-refractivity contribution is 4.72. The molecule has 0 saturated heterocycles. The molecular formula is C18H36F3NO2. The first kappa shape index (κ1) is 23.7. The summed E-state index contributed by atoms with van der Waals surface area (Å²) < 4.78 is 37.6. The molecule has 146 valence electrons. The minimum atomic E-state index is -2.19. The molecule has 0 aromatic rings. The lowest BCUT2D eigenvalue weighted by Gasteiger charge is -2.19. The van der Waals surface area contributed by atoms with Gasteiger partial charge in [-0.25, -0.2) is 13.2 Å². The lowest BCUT2D eigenvalue weighted by molar-refractivity contribution is 0.0588. The van der Waals surface area contributed by atoms with Crippen molar-refractivity contribution < 1.29 is 23.4 Å².